The first-order chi connectivity index (χ1) is 8.52. The van der Waals surface area contributed by atoms with Crippen LogP contribution >= 0.6 is 7.82 Å². The summed E-state index contributed by atoms with van der Waals surface area (Å²) in [4.78, 5) is 9.19. The minimum atomic E-state index is -4.15. The van der Waals surface area contributed by atoms with Gasteiger partial charge in [0.1, 0.15) is 12.4 Å². The first kappa shape index (κ1) is 15.1. The van der Waals surface area contributed by atoms with E-state index in [4.69, 9.17) is 4.52 Å². The molecule has 0 spiro atoms. The lowest BCUT2D eigenvalue weighted by Crippen LogP contribution is -2.10. The first-order valence-electron chi connectivity index (χ1n) is 5.43. The third-order valence-corrected chi connectivity index (χ3v) is 3.27. The van der Waals surface area contributed by atoms with E-state index >= 15 is 0 Å². The van der Waals surface area contributed by atoms with E-state index < -0.39 is 14.5 Å². The summed E-state index contributed by atoms with van der Waals surface area (Å²) in [6.07, 6.45) is 0.741. The maximum atomic E-state index is 12.9. The summed E-state index contributed by atoms with van der Waals surface area (Å²) in [5.74, 6) is 0.0263. The molecule has 7 heteroatoms. The zero-order valence-corrected chi connectivity index (χ0v) is 11.2. The fourth-order valence-electron chi connectivity index (χ4n) is 1.41. The van der Waals surface area contributed by atoms with Crippen LogP contribution in [-0.2, 0) is 22.2 Å². The molecule has 2 N–H and O–H groups in total. The lowest BCUT2D eigenvalue weighted by Gasteiger charge is -2.13. The normalized spacial score (nSPS) is 14.2. The number of hydrogen-bond donors (Lipinski definition) is 2. The summed E-state index contributed by atoms with van der Waals surface area (Å²) in [5.41, 5.74) is 1.16. The van der Waals surface area contributed by atoms with E-state index in [2.05, 4.69) is 9.84 Å². The minimum absolute atomic E-state index is 0.0263. The molecular formula is C11H17FNO4P. The Morgan fingerprint density at radius 3 is 2.78 bits per heavy atom. The highest BCUT2D eigenvalue weighted by atomic mass is 31.2. The molecule has 1 atom stereocenters. The van der Waals surface area contributed by atoms with E-state index in [1.165, 1.54) is 6.07 Å². The molecule has 0 fully saturated rings. The van der Waals surface area contributed by atoms with Crippen LogP contribution in [0.25, 0.3) is 0 Å². The molecule has 0 heterocycles. The topological polar surface area (TPSA) is 67.8 Å². The van der Waals surface area contributed by atoms with Gasteiger partial charge in [0.05, 0.1) is 0 Å². The molecule has 0 aromatic heterocycles. The van der Waals surface area contributed by atoms with Gasteiger partial charge in [-0.15, -0.1) is 0 Å². The van der Waals surface area contributed by atoms with Crippen LogP contribution in [0.15, 0.2) is 18.2 Å². The third kappa shape index (κ3) is 4.38. The molecule has 1 aromatic rings. The molecule has 0 amide bonds. The zero-order valence-electron chi connectivity index (χ0n) is 10.4. The zero-order chi connectivity index (χ0) is 13.6. The summed E-state index contributed by atoms with van der Waals surface area (Å²) < 4.78 is 33.2. The van der Waals surface area contributed by atoms with Crippen molar-refractivity contribution in [2.45, 2.75) is 13.1 Å². The summed E-state index contributed by atoms with van der Waals surface area (Å²) in [6, 6.07) is 4.81. The second-order valence-electron chi connectivity index (χ2n) is 3.67. The Kier molecular flexibility index (Phi) is 5.75. The molecule has 1 unspecified atom stereocenters. The van der Waals surface area contributed by atoms with Gasteiger partial charge >= 0.3 is 7.82 Å². The number of phosphoric ester groups is 1. The van der Waals surface area contributed by atoms with Gasteiger partial charge in [0.25, 0.3) is 0 Å². The highest BCUT2D eigenvalue weighted by Gasteiger charge is 2.22. The largest absolute Gasteiger partial charge is 0.527 e. The fourth-order valence-corrected chi connectivity index (χ4v) is 1.91. The second-order valence-corrected chi connectivity index (χ2v) is 5.16. The van der Waals surface area contributed by atoms with Crippen molar-refractivity contribution < 1.29 is 22.9 Å². The number of rotatable bonds is 7. The van der Waals surface area contributed by atoms with Crippen molar-refractivity contribution in [2.24, 2.45) is 0 Å². The Labute approximate surface area is 106 Å². The van der Waals surface area contributed by atoms with Gasteiger partial charge in [0, 0.05) is 12.7 Å². The number of alkyl halides is 1. The van der Waals surface area contributed by atoms with Crippen LogP contribution in [0.3, 0.4) is 0 Å². The SMILES string of the molecule is CNCCc1ccc(OP(=O)(O)OC)c(CF)c1. The second kappa shape index (κ2) is 6.85. The Bertz CT molecular complexity index is 441. The maximum absolute atomic E-state index is 12.9. The van der Waals surface area contributed by atoms with Crippen molar-refractivity contribution in [3.05, 3.63) is 29.3 Å². The van der Waals surface area contributed by atoms with Crippen LogP contribution in [0.4, 0.5) is 4.39 Å². The third-order valence-electron chi connectivity index (χ3n) is 2.38. The van der Waals surface area contributed by atoms with Crippen LogP contribution in [-0.4, -0.2) is 25.6 Å². The number of phosphoric acid groups is 1. The number of likely N-dealkylation sites (N-methyl/N-ethyl adjacent to an activating group) is 1. The van der Waals surface area contributed by atoms with Crippen LogP contribution < -0.4 is 9.84 Å². The standard InChI is InChI=1S/C11H17FNO4P/c1-13-6-5-9-3-4-11(10(7-9)8-12)17-18(14,15)16-2/h3-4,7,13H,5-6,8H2,1-2H3,(H,14,15). The Morgan fingerprint density at radius 2 is 2.22 bits per heavy atom. The van der Waals surface area contributed by atoms with Crippen molar-refractivity contribution in [1.29, 1.82) is 0 Å². The molecule has 5 nitrogen and oxygen atoms in total. The lowest BCUT2D eigenvalue weighted by molar-refractivity contribution is 0.241. The van der Waals surface area contributed by atoms with Gasteiger partial charge in [-0.25, -0.2) is 8.96 Å². The van der Waals surface area contributed by atoms with Gasteiger partial charge < -0.3 is 9.84 Å². The van der Waals surface area contributed by atoms with Crippen molar-refractivity contribution in [3.63, 3.8) is 0 Å². The molecule has 0 aliphatic rings. The number of nitrogens with one attached hydrogen (secondary N) is 1. The van der Waals surface area contributed by atoms with E-state index in [0.29, 0.717) is 0 Å². The molecule has 1 rings (SSSR count). The Balaban J connectivity index is 2.89. The number of halogens is 1. The van der Waals surface area contributed by atoms with Gasteiger partial charge in [-0.1, -0.05) is 6.07 Å². The van der Waals surface area contributed by atoms with Crippen LogP contribution in [0, 0.1) is 0 Å². The summed E-state index contributed by atoms with van der Waals surface area (Å²) in [5, 5.41) is 2.99. The Hall–Kier alpha value is -0.940. The van der Waals surface area contributed by atoms with Crippen molar-refractivity contribution in [1.82, 2.24) is 5.32 Å². The van der Waals surface area contributed by atoms with Crippen LogP contribution in [0.2, 0.25) is 0 Å². The molecule has 0 bridgehead atoms. The fraction of sp³-hybridized carbons (Fsp3) is 0.455. The quantitative estimate of drug-likeness (QED) is 0.746. The van der Waals surface area contributed by atoms with Crippen LogP contribution in [0.5, 0.6) is 5.75 Å². The monoisotopic (exact) mass is 277 g/mol. The van der Waals surface area contributed by atoms with E-state index in [-0.39, 0.29) is 11.3 Å². The van der Waals surface area contributed by atoms with Crippen LogP contribution in [0.1, 0.15) is 11.1 Å². The molecule has 0 saturated carbocycles. The smallest absolute Gasteiger partial charge is 0.404 e. The Morgan fingerprint density at radius 1 is 1.50 bits per heavy atom. The lowest BCUT2D eigenvalue weighted by atomic mass is 10.1. The van der Waals surface area contributed by atoms with Crippen molar-refractivity contribution in [2.75, 3.05) is 20.7 Å². The maximum Gasteiger partial charge on any atom is 0.527 e. The van der Waals surface area contributed by atoms with Gasteiger partial charge in [0.2, 0.25) is 0 Å². The predicted molar refractivity (Wildman–Crippen MR) is 66.3 cm³/mol. The molecule has 0 aliphatic heterocycles. The average molecular weight is 277 g/mol. The predicted octanol–water partition coefficient (Wildman–Crippen LogP) is 2.04. The van der Waals surface area contributed by atoms with Gasteiger partial charge in [0.15, 0.2) is 0 Å². The van der Waals surface area contributed by atoms with E-state index in [1.54, 1.807) is 12.1 Å². The summed E-state index contributed by atoms with van der Waals surface area (Å²) in [7, 11) is -1.27. The molecule has 1 aromatic carbocycles. The summed E-state index contributed by atoms with van der Waals surface area (Å²) in [6.45, 7) is -0.00502. The summed E-state index contributed by atoms with van der Waals surface area (Å²) >= 11 is 0. The van der Waals surface area contributed by atoms with Gasteiger partial charge in [-0.2, -0.15) is 0 Å². The number of benzene rings is 1. The number of hydrogen-bond acceptors (Lipinski definition) is 4. The molecule has 18 heavy (non-hydrogen) atoms. The molecule has 0 aliphatic carbocycles. The first-order valence-corrected chi connectivity index (χ1v) is 6.92. The van der Waals surface area contributed by atoms with Gasteiger partial charge in [-0.3, -0.25) is 9.42 Å². The van der Waals surface area contributed by atoms with Crippen molar-refractivity contribution >= 4 is 7.82 Å². The molecular weight excluding hydrogens is 260 g/mol. The van der Waals surface area contributed by atoms with E-state index in [0.717, 1.165) is 25.6 Å². The van der Waals surface area contributed by atoms with E-state index in [1.807, 2.05) is 7.05 Å². The minimum Gasteiger partial charge on any atom is -0.404 e. The van der Waals surface area contributed by atoms with Crippen molar-refractivity contribution in [3.8, 4) is 5.75 Å². The average Bonchev–Trinajstić information content (AvgIpc) is 2.37. The van der Waals surface area contributed by atoms with E-state index in [9.17, 15) is 13.8 Å². The molecule has 0 radical (unpaired) electrons. The highest BCUT2D eigenvalue weighted by molar-refractivity contribution is 7.47. The highest BCUT2D eigenvalue weighted by Crippen LogP contribution is 2.44. The molecule has 102 valence electrons. The van der Waals surface area contributed by atoms with Gasteiger partial charge in [-0.05, 0) is 37.7 Å². The molecule has 0 saturated heterocycles.